The summed E-state index contributed by atoms with van der Waals surface area (Å²) in [4.78, 5) is 16.0. The summed E-state index contributed by atoms with van der Waals surface area (Å²) in [7, 11) is 0. The van der Waals surface area contributed by atoms with Crippen LogP contribution >= 0.6 is 15.9 Å². The van der Waals surface area contributed by atoms with Crippen LogP contribution in [-0.4, -0.2) is 22.5 Å². The van der Waals surface area contributed by atoms with Gasteiger partial charge in [-0.3, -0.25) is 4.79 Å². The fraction of sp³-hybridized carbons (Fsp3) is 0.500. The Bertz CT molecular complexity index is 401. The molecule has 1 aromatic heterocycles. The predicted molar refractivity (Wildman–Crippen MR) is 72.9 cm³/mol. The first-order chi connectivity index (χ1) is 7.79. The number of hydrogen-bond donors (Lipinski definition) is 2. The molecule has 1 unspecified atom stereocenters. The molecule has 0 aromatic carbocycles. The van der Waals surface area contributed by atoms with E-state index in [4.69, 9.17) is 0 Å². The van der Waals surface area contributed by atoms with Crippen molar-refractivity contribution in [1.29, 1.82) is 0 Å². The number of amides is 1. The van der Waals surface area contributed by atoms with Gasteiger partial charge in [-0.1, -0.05) is 0 Å². The maximum Gasteiger partial charge on any atom is 0.242 e. The van der Waals surface area contributed by atoms with Crippen molar-refractivity contribution in [2.45, 2.75) is 39.3 Å². The van der Waals surface area contributed by atoms with E-state index in [-0.39, 0.29) is 17.5 Å². The van der Waals surface area contributed by atoms with Gasteiger partial charge in [-0.05, 0) is 55.8 Å². The molecule has 17 heavy (non-hydrogen) atoms. The zero-order chi connectivity index (χ0) is 13.1. The number of anilines is 1. The Balaban J connectivity index is 2.64. The lowest BCUT2D eigenvalue weighted by Crippen LogP contribution is -2.47. The average molecular weight is 300 g/mol. The number of hydrogen-bond acceptors (Lipinski definition) is 3. The van der Waals surface area contributed by atoms with Crippen molar-refractivity contribution >= 4 is 27.7 Å². The van der Waals surface area contributed by atoms with Gasteiger partial charge in [-0.25, -0.2) is 4.98 Å². The molecule has 4 nitrogen and oxygen atoms in total. The highest BCUT2D eigenvalue weighted by Gasteiger charge is 2.19. The van der Waals surface area contributed by atoms with Crippen LogP contribution in [0.4, 0.5) is 5.82 Å². The highest BCUT2D eigenvalue weighted by Crippen LogP contribution is 2.19. The molecule has 0 bridgehead atoms. The normalized spacial score (nSPS) is 13.0. The molecule has 0 saturated carbocycles. The number of nitrogens with one attached hydrogen (secondary N) is 2. The van der Waals surface area contributed by atoms with Crippen molar-refractivity contribution in [2.24, 2.45) is 0 Å². The molecule has 0 aliphatic carbocycles. The third-order valence-corrected chi connectivity index (χ3v) is 2.64. The van der Waals surface area contributed by atoms with Crippen LogP contribution in [0.1, 0.15) is 27.7 Å². The molecule has 94 valence electrons. The minimum atomic E-state index is -0.333. The third kappa shape index (κ3) is 4.73. The minimum absolute atomic E-state index is 0.0462. The molecule has 1 atom stereocenters. The summed E-state index contributed by atoms with van der Waals surface area (Å²) in [5.41, 5.74) is -0.228. The Morgan fingerprint density at radius 3 is 2.65 bits per heavy atom. The Kier molecular flexibility index (Phi) is 4.51. The Labute approximate surface area is 110 Å². The van der Waals surface area contributed by atoms with E-state index in [1.807, 2.05) is 39.8 Å². The quantitative estimate of drug-likeness (QED) is 0.902. The lowest BCUT2D eigenvalue weighted by molar-refractivity contribution is -0.122. The van der Waals surface area contributed by atoms with Crippen LogP contribution in [0, 0.1) is 0 Å². The van der Waals surface area contributed by atoms with Gasteiger partial charge in [-0.2, -0.15) is 0 Å². The van der Waals surface area contributed by atoms with E-state index in [0.717, 1.165) is 4.47 Å². The molecule has 0 saturated heterocycles. The molecule has 1 heterocycles. The summed E-state index contributed by atoms with van der Waals surface area (Å²) in [6, 6.07) is 3.37. The van der Waals surface area contributed by atoms with Crippen molar-refractivity contribution < 1.29 is 4.79 Å². The molecule has 0 radical (unpaired) electrons. The predicted octanol–water partition coefficient (Wildman–Crippen LogP) is 2.56. The largest absolute Gasteiger partial charge is 0.358 e. The summed E-state index contributed by atoms with van der Waals surface area (Å²) in [5.74, 6) is 0.624. The molecular weight excluding hydrogens is 282 g/mol. The van der Waals surface area contributed by atoms with Crippen LogP contribution in [0.25, 0.3) is 0 Å². The molecular formula is C12H18BrN3O. The van der Waals surface area contributed by atoms with Gasteiger partial charge in [0.1, 0.15) is 11.9 Å². The van der Waals surface area contributed by atoms with E-state index in [9.17, 15) is 4.79 Å². The molecule has 2 N–H and O–H groups in total. The van der Waals surface area contributed by atoms with E-state index in [1.165, 1.54) is 0 Å². The first-order valence-electron chi connectivity index (χ1n) is 5.48. The van der Waals surface area contributed by atoms with Crippen LogP contribution in [0.3, 0.4) is 0 Å². The lowest BCUT2D eigenvalue weighted by atomic mass is 10.1. The number of aromatic nitrogens is 1. The van der Waals surface area contributed by atoms with Crippen LogP contribution in [0.5, 0.6) is 0 Å². The second-order valence-electron chi connectivity index (χ2n) is 4.94. The Morgan fingerprint density at radius 2 is 2.12 bits per heavy atom. The van der Waals surface area contributed by atoms with Crippen molar-refractivity contribution in [3.63, 3.8) is 0 Å². The number of carbonyl (C=O) groups excluding carboxylic acids is 1. The van der Waals surface area contributed by atoms with Gasteiger partial charge in [0.15, 0.2) is 0 Å². The summed E-state index contributed by atoms with van der Waals surface area (Å²) >= 11 is 3.38. The fourth-order valence-corrected chi connectivity index (χ4v) is 1.61. The molecule has 5 heteroatoms. The maximum atomic E-state index is 11.9. The number of pyridine rings is 1. The molecule has 1 aromatic rings. The Morgan fingerprint density at radius 1 is 1.47 bits per heavy atom. The topological polar surface area (TPSA) is 54.0 Å². The van der Waals surface area contributed by atoms with Gasteiger partial charge in [-0.15, -0.1) is 0 Å². The van der Waals surface area contributed by atoms with Gasteiger partial charge in [0.05, 0.1) is 4.47 Å². The van der Waals surface area contributed by atoms with Gasteiger partial charge in [0.2, 0.25) is 5.91 Å². The third-order valence-electron chi connectivity index (χ3n) is 2.00. The molecule has 0 spiro atoms. The van der Waals surface area contributed by atoms with Gasteiger partial charge in [0.25, 0.3) is 0 Å². The van der Waals surface area contributed by atoms with E-state index >= 15 is 0 Å². The zero-order valence-corrected chi connectivity index (χ0v) is 12.1. The summed E-state index contributed by atoms with van der Waals surface area (Å²) in [5, 5.41) is 5.98. The number of carbonyl (C=O) groups is 1. The number of rotatable bonds is 3. The van der Waals surface area contributed by atoms with Crippen LogP contribution < -0.4 is 10.6 Å². The molecule has 0 fully saturated rings. The Hall–Kier alpha value is -1.10. The molecule has 0 aliphatic heterocycles. The monoisotopic (exact) mass is 299 g/mol. The second-order valence-corrected chi connectivity index (χ2v) is 5.79. The van der Waals surface area contributed by atoms with E-state index in [1.54, 1.807) is 6.20 Å². The second kappa shape index (κ2) is 5.49. The highest BCUT2D eigenvalue weighted by atomic mass is 79.9. The molecule has 1 rings (SSSR count). The molecule has 0 aliphatic rings. The van der Waals surface area contributed by atoms with E-state index in [2.05, 4.69) is 31.5 Å². The minimum Gasteiger partial charge on any atom is -0.358 e. The van der Waals surface area contributed by atoms with Crippen LogP contribution in [-0.2, 0) is 4.79 Å². The maximum absolute atomic E-state index is 11.9. The van der Waals surface area contributed by atoms with Gasteiger partial charge < -0.3 is 10.6 Å². The van der Waals surface area contributed by atoms with Crippen molar-refractivity contribution in [3.05, 3.63) is 22.8 Å². The first kappa shape index (κ1) is 14.0. The lowest BCUT2D eigenvalue weighted by Gasteiger charge is -2.24. The van der Waals surface area contributed by atoms with Crippen LogP contribution in [0.2, 0.25) is 0 Å². The van der Waals surface area contributed by atoms with E-state index < -0.39 is 0 Å². The van der Waals surface area contributed by atoms with Crippen molar-refractivity contribution in [1.82, 2.24) is 10.3 Å². The number of nitrogens with zero attached hydrogens (tertiary/aromatic N) is 1. The summed E-state index contributed by atoms with van der Waals surface area (Å²) < 4.78 is 0.843. The highest BCUT2D eigenvalue weighted by molar-refractivity contribution is 9.10. The van der Waals surface area contributed by atoms with Crippen molar-refractivity contribution in [2.75, 3.05) is 5.32 Å². The number of halogens is 1. The zero-order valence-electron chi connectivity index (χ0n) is 10.5. The summed E-state index contributed by atoms with van der Waals surface area (Å²) in [6.07, 6.45) is 1.68. The first-order valence-corrected chi connectivity index (χ1v) is 6.28. The fourth-order valence-electron chi connectivity index (χ4n) is 1.24. The van der Waals surface area contributed by atoms with E-state index in [0.29, 0.717) is 5.82 Å². The average Bonchev–Trinajstić information content (AvgIpc) is 2.18. The summed E-state index contributed by atoms with van der Waals surface area (Å²) in [6.45, 7) is 7.67. The van der Waals surface area contributed by atoms with Gasteiger partial charge in [0, 0.05) is 11.7 Å². The van der Waals surface area contributed by atoms with Gasteiger partial charge >= 0.3 is 0 Å². The van der Waals surface area contributed by atoms with Crippen molar-refractivity contribution in [3.8, 4) is 0 Å². The van der Waals surface area contributed by atoms with Crippen LogP contribution in [0.15, 0.2) is 22.8 Å². The molecule has 1 amide bonds. The standard InChI is InChI=1S/C12H18BrN3O/c1-8(11(17)16-12(2,3)4)15-10-9(13)6-5-7-14-10/h5-8H,1-4H3,(H,14,15)(H,16,17). The smallest absolute Gasteiger partial charge is 0.242 e. The SMILES string of the molecule is CC(Nc1ncccc1Br)C(=O)NC(C)(C)C.